The molecule has 0 fully saturated rings. The molecule has 0 radical (unpaired) electrons. The number of rotatable bonds is 2. The van der Waals surface area contributed by atoms with E-state index in [-0.39, 0.29) is 0 Å². The van der Waals surface area contributed by atoms with Gasteiger partial charge in [-0.1, -0.05) is 0 Å². The van der Waals surface area contributed by atoms with Gasteiger partial charge >= 0.3 is 51.9 Å². The summed E-state index contributed by atoms with van der Waals surface area (Å²) in [5, 5.41) is 0. The molecule has 44 valence electrons. The Morgan fingerprint density at radius 1 is 1.43 bits per heavy atom. The molecule has 0 unspecified atom stereocenters. The van der Waals surface area contributed by atoms with Crippen molar-refractivity contribution < 1.29 is 4.89 Å². The third-order valence-electron chi connectivity index (χ3n) is 0.988. The molecule has 0 aromatic carbocycles. The minimum atomic E-state index is -1.53. The van der Waals surface area contributed by atoms with Gasteiger partial charge < -0.3 is 0 Å². The summed E-state index contributed by atoms with van der Waals surface area (Å²) in [5.41, 5.74) is -1.53. The number of hydrogen-bond donors (Lipinski definition) is 1. The molecule has 0 aromatic rings. The van der Waals surface area contributed by atoms with Crippen molar-refractivity contribution in [2.45, 2.75) is 13.8 Å². The fraction of sp³-hybridized carbons (Fsp3) is 1.00. The second kappa shape index (κ2) is 3.04. The molecular formula is C4H11OPSe. The zero-order valence-corrected chi connectivity index (χ0v) is 7.32. The van der Waals surface area contributed by atoms with E-state index in [4.69, 9.17) is 0 Å². The first kappa shape index (κ1) is 7.91. The van der Waals surface area contributed by atoms with Gasteiger partial charge in [0.15, 0.2) is 0 Å². The molecule has 0 rings (SSSR count). The van der Waals surface area contributed by atoms with Crippen molar-refractivity contribution in [2.24, 2.45) is 0 Å². The van der Waals surface area contributed by atoms with Crippen LogP contribution in [0.4, 0.5) is 0 Å². The summed E-state index contributed by atoms with van der Waals surface area (Å²) in [5.74, 6) is 0. The van der Waals surface area contributed by atoms with Crippen molar-refractivity contribution in [2.75, 3.05) is 12.3 Å². The van der Waals surface area contributed by atoms with Crippen molar-refractivity contribution in [1.82, 2.24) is 0 Å². The summed E-state index contributed by atoms with van der Waals surface area (Å²) >= 11 is 2.82. The van der Waals surface area contributed by atoms with Crippen molar-refractivity contribution in [3.05, 3.63) is 0 Å². The van der Waals surface area contributed by atoms with Crippen LogP contribution in [0.25, 0.3) is 0 Å². The van der Waals surface area contributed by atoms with Gasteiger partial charge in [0.2, 0.25) is 0 Å². The Bertz CT molecular complexity index is 83.7. The molecule has 7 heavy (non-hydrogen) atoms. The Balaban J connectivity index is 3.61. The van der Waals surface area contributed by atoms with Crippen LogP contribution in [0.3, 0.4) is 0 Å². The van der Waals surface area contributed by atoms with Gasteiger partial charge in [-0.2, -0.15) is 0 Å². The zero-order chi connectivity index (χ0) is 5.91. The zero-order valence-electron chi connectivity index (χ0n) is 4.72. The van der Waals surface area contributed by atoms with Gasteiger partial charge in [-0.25, -0.2) is 0 Å². The van der Waals surface area contributed by atoms with Gasteiger partial charge in [0.25, 0.3) is 0 Å². The summed E-state index contributed by atoms with van der Waals surface area (Å²) in [6.45, 7) is 4.02. The van der Waals surface area contributed by atoms with Gasteiger partial charge in [0.1, 0.15) is 0 Å². The van der Waals surface area contributed by atoms with Gasteiger partial charge in [-0.05, 0) is 0 Å². The van der Waals surface area contributed by atoms with E-state index in [2.05, 4.69) is 15.1 Å². The van der Waals surface area contributed by atoms with Crippen LogP contribution in [0.1, 0.15) is 13.8 Å². The van der Waals surface area contributed by atoms with Crippen LogP contribution in [-0.4, -0.2) is 32.3 Å². The Labute approximate surface area is 52.4 Å². The summed E-state index contributed by atoms with van der Waals surface area (Å²) in [7, 11) is 0. The first-order valence-corrected chi connectivity index (χ1v) is 6.76. The molecule has 0 heterocycles. The fourth-order valence-electron chi connectivity index (χ4n) is 0.224. The maximum atomic E-state index is 9.19. The minimum absolute atomic E-state index is 0.906. The van der Waals surface area contributed by atoms with E-state index in [1.807, 2.05) is 13.8 Å². The Morgan fingerprint density at radius 3 is 1.71 bits per heavy atom. The molecule has 0 atom stereocenters. The van der Waals surface area contributed by atoms with Crippen LogP contribution in [-0.2, 0) is 0 Å². The van der Waals surface area contributed by atoms with Crippen molar-refractivity contribution in [3.8, 4) is 0 Å². The Hall–Kier alpha value is 0.909. The van der Waals surface area contributed by atoms with Crippen LogP contribution in [0, 0.1) is 0 Å². The topological polar surface area (TPSA) is 20.2 Å². The SMILES string of the molecule is CCP(O)(=[Se])CC. The van der Waals surface area contributed by atoms with Gasteiger partial charge in [-0.3, -0.25) is 0 Å². The average molecular weight is 185 g/mol. The van der Waals surface area contributed by atoms with Crippen LogP contribution in [0.2, 0.25) is 0 Å². The summed E-state index contributed by atoms with van der Waals surface area (Å²) in [6, 6.07) is 0. The fourth-order valence-corrected chi connectivity index (χ4v) is 0.671. The van der Waals surface area contributed by atoms with E-state index in [1.165, 1.54) is 0 Å². The molecule has 0 spiro atoms. The quantitative estimate of drug-likeness (QED) is 0.503. The van der Waals surface area contributed by atoms with Gasteiger partial charge in [-0.15, -0.1) is 0 Å². The second-order valence-electron chi connectivity index (χ2n) is 1.48. The molecule has 3 heteroatoms. The Kier molecular flexibility index (Phi) is 3.43. The molecule has 0 aliphatic heterocycles. The van der Waals surface area contributed by atoms with E-state index in [9.17, 15) is 4.89 Å². The predicted octanol–water partition coefficient (Wildman–Crippen LogP) is 1.03. The van der Waals surface area contributed by atoms with Crippen LogP contribution >= 0.6 is 5.74 Å². The first-order chi connectivity index (χ1) is 3.12. The molecule has 0 saturated carbocycles. The molecule has 1 nitrogen and oxygen atoms in total. The molecule has 0 aromatic heterocycles. The standard InChI is InChI=1S/C4H11OPSe/c1-3-6(5,7)4-2/h3-4H2,1-2H3,(H,5,7). The van der Waals surface area contributed by atoms with E-state index in [0.717, 1.165) is 12.3 Å². The van der Waals surface area contributed by atoms with E-state index in [0.29, 0.717) is 0 Å². The van der Waals surface area contributed by atoms with Gasteiger partial charge in [0.05, 0.1) is 0 Å². The molecule has 0 saturated heterocycles. The second-order valence-corrected chi connectivity index (χ2v) is 8.71. The molecule has 0 aliphatic rings. The van der Waals surface area contributed by atoms with E-state index >= 15 is 0 Å². The van der Waals surface area contributed by atoms with Crippen LogP contribution in [0.15, 0.2) is 0 Å². The molecule has 1 N–H and O–H groups in total. The number of hydrogen-bond acceptors (Lipinski definition) is 1. The average Bonchev–Trinajstić information content (AvgIpc) is 1.68. The van der Waals surface area contributed by atoms with Crippen molar-refractivity contribution >= 4 is 20.8 Å². The molecule has 0 bridgehead atoms. The van der Waals surface area contributed by atoms with Crippen molar-refractivity contribution in [1.29, 1.82) is 0 Å². The maximum absolute atomic E-state index is 9.19. The Morgan fingerprint density at radius 2 is 1.71 bits per heavy atom. The molecule has 0 amide bonds. The monoisotopic (exact) mass is 186 g/mol. The summed E-state index contributed by atoms with van der Waals surface area (Å²) in [6.07, 6.45) is 1.81. The van der Waals surface area contributed by atoms with Gasteiger partial charge in [0, 0.05) is 0 Å². The molecule has 0 aliphatic carbocycles. The molecular weight excluding hydrogens is 174 g/mol. The third kappa shape index (κ3) is 3.49. The van der Waals surface area contributed by atoms with Crippen LogP contribution in [0.5, 0.6) is 0 Å². The predicted molar refractivity (Wildman–Crippen MR) is 36.0 cm³/mol. The van der Waals surface area contributed by atoms with E-state index in [1.54, 1.807) is 0 Å². The first-order valence-electron chi connectivity index (χ1n) is 2.43. The van der Waals surface area contributed by atoms with Crippen LogP contribution < -0.4 is 0 Å². The third-order valence-corrected chi connectivity index (χ3v) is 6.22. The summed E-state index contributed by atoms with van der Waals surface area (Å²) < 4.78 is 0. The van der Waals surface area contributed by atoms with Crippen molar-refractivity contribution in [3.63, 3.8) is 0 Å². The summed E-state index contributed by atoms with van der Waals surface area (Å²) in [4.78, 5) is 9.19. The van der Waals surface area contributed by atoms with E-state index < -0.39 is 5.74 Å². The normalized spacial score (nSPS) is 11.9.